The van der Waals surface area contributed by atoms with Crippen molar-refractivity contribution in [3.8, 4) is 90.1 Å². The normalized spacial score (nSPS) is 11.3. The van der Waals surface area contributed by atoms with Gasteiger partial charge in [0, 0.05) is 108 Å². The Morgan fingerprint density at radius 1 is 0.202 bits per heavy atom. The topological polar surface area (TPSA) is 129 Å². The van der Waals surface area contributed by atoms with Crippen LogP contribution in [0.15, 0.2) is 280 Å². The molecule has 0 unspecified atom stereocenters. The SMILES string of the molecule is c1ccc(-c2cccc(-c3ccc(-c4ccc5ccc6c(-c7cccnc7)c7ccccc7nc6c5n4)cc3)n2)nc1.c1ccc(-c2cccc(-c3ccc(-c4ccc5ccc6c(-c7ccncc7)c7ccccc7nc6c5n4)cc3)n2)nc1. The lowest BCUT2D eigenvalue weighted by Gasteiger charge is -2.13. The van der Waals surface area contributed by atoms with Gasteiger partial charge in [0.2, 0.25) is 0 Å². The molecule has 0 bridgehead atoms. The molecule has 0 spiro atoms. The zero-order chi connectivity index (χ0) is 55.8. The van der Waals surface area contributed by atoms with Gasteiger partial charge in [-0.1, -0.05) is 152 Å². The van der Waals surface area contributed by atoms with E-state index >= 15 is 0 Å². The molecule has 10 heteroatoms. The molecule has 0 fully saturated rings. The monoisotopic (exact) mass is 1070 g/mol. The summed E-state index contributed by atoms with van der Waals surface area (Å²) in [6.45, 7) is 0. The van der Waals surface area contributed by atoms with Crippen molar-refractivity contribution in [1.82, 2.24) is 49.8 Å². The first-order valence-corrected chi connectivity index (χ1v) is 27.7. The number of nitrogens with zero attached hydrogens (tertiary/aromatic N) is 10. The molecule has 6 aromatic carbocycles. The Hall–Kier alpha value is -11.6. The standard InChI is InChI=1S/2C37H23N5/c1-2-9-32-28(8-1)35(27-7-6-21-38-23-27)29-19-17-26-18-20-31(41-36(26)37(29)42-32)25-15-13-24(14-16-25)30-11-5-12-34(40-30)33-10-3-4-22-39-33;1-2-7-32-28(6-1)35(26-19-22-38-23-20-26)29-17-15-27-16-18-31(41-36(27)37(29)42-32)25-13-11-24(12-14-25)30-9-5-10-34(40-30)33-8-3-4-21-39-33/h2*1-23H. The largest absolute Gasteiger partial charge is 0.265 e. The summed E-state index contributed by atoms with van der Waals surface area (Å²) >= 11 is 0. The van der Waals surface area contributed by atoms with Crippen molar-refractivity contribution in [2.24, 2.45) is 0 Å². The number of pyridine rings is 10. The zero-order valence-corrected chi connectivity index (χ0v) is 45.0. The molecule has 0 radical (unpaired) electrons. The van der Waals surface area contributed by atoms with Crippen molar-refractivity contribution < 1.29 is 0 Å². The van der Waals surface area contributed by atoms with Crippen molar-refractivity contribution >= 4 is 65.4 Å². The zero-order valence-electron chi connectivity index (χ0n) is 45.0. The minimum Gasteiger partial charge on any atom is -0.265 e. The van der Waals surface area contributed by atoms with Crippen molar-refractivity contribution in [3.05, 3.63) is 280 Å². The quantitative estimate of drug-likeness (QED) is 0.107. The van der Waals surface area contributed by atoms with Gasteiger partial charge >= 0.3 is 0 Å². The summed E-state index contributed by atoms with van der Waals surface area (Å²) in [6.07, 6.45) is 11.0. The van der Waals surface area contributed by atoms with Gasteiger partial charge in [-0.05, 0) is 96.6 Å². The summed E-state index contributed by atoms with van der Waals surface area (Å²) in [4.78, 5) is 47.8. The Bertz CT molecular complexity index is 4780. The Balaban J connectivity index is 0.000000143. The highest BCUT2D eigenvalue weighted by Crippen LogP contribution is 2.40. The number of rotatable bonds is 8. The maximum absolute atomic E-state index is 5.17. The fourth-order valence-corrected chi connectivity index (χ4v) is 11.2. The third kappa shape index (κ3) is 9.35. The molecule has 0 saturated heterocycles. The van der Waals surface area contributed by atoms with E-state index < -0.39 is 0 Å². The number of para-hydroxylation sites is 2. The van der Waals surface area contributed by atoms with E-state index in [4.69, 9.17) is 29.9 Å². The molecule has 84 heavy (non-hydrogen) atoms. The molecule has 16 rings (SSSR count). The Morgan fingerprint density at radius 3 is 1.10 bits per heavy atom. The highest BCUT2D eigenvalue weighted by atomic mass is 14.8. The molecule has 0 saturated carbocycles. The van der Waals surface area contributed by atoms with Gasteiger partial charge in [-0.25, -0.2) is 29.9 Å². The van der Waals surface area contributed by atoms with E-state index in [2.05, 4.69) is 172 Å². The first-order chi connectivity index (χ1) is 41.6. The molecule has 392 valence electrons. The smallest absolute Gasteiger partial charge is 0.0978 e. The molecule has 0 atom stereocenters. The van der Waals surface area contributed by atoms with E-state index in [-0.39, 0.29) is 0 Å². The average molecular weight is 1080 g/mol. The summed E-state index contributed by atoms with van der Waals surface area (Å²) in [5.74, 6) is 0. The third-order valence-corrected chi connectivity index (χ3v) is 15.2. The van der Waals surface area contributed by atoms with Crippen LogP contribution in [0.5, 0.6) is 0 Å². The van der Waals surface area contributed by atoms with Gasteiger partial charge < -0.3 is 0 Å². The second kappa shape index (κ2) is 21.5. The highest BCUT2D eigenvalue weighted by Gasteiger charge is 2.18. The molecule has 16 aromatic rings. The number of hydrogen-bond donors (Lipinski definition) is 0. The van der Waals surface area contributed by atoms with Crippen molar-refractivity contribution in [1.29, 1.82) is 0 Å². The van der Waals surface area contributed by atoms with Gasteiger partial charge in [0.15, 0.2) is 0 Å². The van der Waals surface area contributed by atoms with Crippen LogP contribution in [0.3, 0.4) is 0 Å². The van der Waals surface area contributed by atoms with Crippen LogP contribution in [-0.2, 0) is 0 Å². The average Bonchev–Trinajstić information content (AvgIpc) is 3.00. The van der Waals surface area contributed by atoms with E-state index in [9.17, 15) is 0 Å². The minimum atomic E-state index is 0.853. The lowest BCUT2D eigenvalue weighted by Crippen LogP contribution is -1.93. The predicted molar refractivity (Wildman–Crippen MR) is 339 cm³/mol. The summed E-state index contributed by atoms with van der Waals surface area (Å²) in [5, 5.41) is 6.47. The Labute approximate surface area is 482 Å². The van der Waals surface area contributed by atoms with Gasteiger partial charge in [-0.2, -0.15) is 0 Å². The van der Waals surface area contributed by atoms with Crippen LogP contribution in [0.1, 0.15) is 0 Å². The molecule has 0 aliphatic rings. The summed E-state index contributed by atoms with van der Waals surface area (Å²) in [5.41, 5.74) is 21.1. The molecule has 0 aliphatic carbocycles. The number of hydrogen-bond acceptors (Lipinski definition) is 10. The van der Waals surface area contributed by atoms with Crippen molar-refractivity contribution in [2.45, 2.75) is 0 Å². The lowest BCUT2D eigenvalue weighted by atomic mass is 9.95. The second-order valence-electron chi connectivity index (χ2n) is 20.3. The molecule has 10 nitrogen and oxygen atoms in total. The Kier molecular flexibility index (Phi) is 12.6. The first-order valence-electron chi connectivity index (χ1n) is 27.7. The predicted octanol–water partition coefficient (Wildman–Crippen LogP) is 17.6. The summed E-state index contributed by atoms with van der Waals surface area (Å²) < 4.78 is 0. The van der Waals surface area contributed by atoms with E-state index in [1.165, 1.54) is 0 Å². The summed E-state index contributed by atoms with van der Waals surface area (Å²) in [6, 6.07) is 82.4. The minimum absolute atomic E-state index is 0.853. The van der Waals surface area contributed by atoms with Crippen LogP contribution in [0.4, 0.5) is 0 Å². The summed E-state index contributed by atoms with van der Waals surface area (Å²) in [7, 11) is 0. The van der Waals surface area contributed by atoms with Crippen LogP contribution in [0.2, 0.25) is 0 Å². The third-order valence-electron chi connectivity index (χ3n) is 15.2. The van der Waals surface area contributed by atoms with Gasteiger partial charge in [0.25, 0.3) is 0 Å². The van der Waals surface area contributed by atoms with Gasteiger partial charge in [-0.15, -0.1) is 0 Å². The second-order valence-corrected chi connectivity index (χ2v) is 20.3. The van der Waals surface area contributed by atoms with E-state index in [1.807, 2.05) is 110 Å². The van der Waals surface area contributed by atoms with Crippen LogP contribution in [0, 0.1) is 0 Å². The van der Waals surface area contributed by atoms with Crippen LogP contribution < -0.4 is 0 Å². The molecule has 10 aromatic heterocycles. The van der Waals surface area contributed by atoms with Gasteiger partial charge in [-0.3, -0.25) is 19.9 Å². The maximum atomic E-state index is 5.17. The maximum Gasteiger partial charge on any atom is 0.0978 e. The molecule has 0 aliphatic heterocycles. The fraction of sp³-hybridized carbons (Fsp3) is 0. The molecular weight excluding hydrogens is 1030 g/mol. The van der Waals surface area contributed by atoms with Gasteiger partial charge in [0.1, 0.15) is 0 Å². The lowest BCUT2D eigenvalue weighted by molar-refractivity contribution is 1.25. The number of benzene rings is 6. The van der Waals surface area contributed by atoms with Crippen LogP contribution in [0.25, 0.3) is 155 Å². The fourth-order valence-electron chi connectivity index (χ4n) is 11.2. The number of fused-ring (bicyclic) bond motifs is 8. The molecule has 10 heterocycles. The van der Waals surface area contributed by atoms with Crippen molar-refractivity contribution in [3.63, 3.8) is 0 Å². The van der Waals surface area contributed by atoms with E-state index in [0.717, 1.165) is 155 Å². The Morgan fingerprint density at radius 2 is 0.631 bits per heavy atom. The first kappa shape index (κ1) is 49.4. The van der Waals surface area contributed by atoms with E-state index in [1.54, 1.807) is 18.6 Å². The molecule has 0 amide bonds. The van der Waals surface area contributed by atoms with Crippen LogP contribution >= 0.6 is 0 Å². The van der Waals surface area contributed by atoms with Gasteiger partial charge in [0.05, 0.1) is 78.7 Å². The highest BCUT2D eigenvalue weighted by molar-refractivity contribution is 6.17. The van der Waals surface area contributed by atoms with Crippen molar-refractivity contribution in [2.75, 3.05) is 0 Å². The van der Waals surface area contributed by atoms with E-state index in [0.29, 0.717) is 0 Å². The molecule has 0 N–H and O–H groups in total. The number of aromatic nitrogens is 10. The molecular formula is C74H46N10. The van der Waals surface area contributed by atoms with Crippen LogP contribution in [-0.4, -0.2) is 49.8 Å².